The molecule has 0 bridgehead atoms. The largest absolute Gasteiger partial charge is 0.481 e. The average molecular weight is 192 g/mol. The smallest absolute Gasteiger partial charge is 0.306 e. The minimum Gasteiger partial charge on any atom is -0.481 e. The molecule has 0 aromatic rings. The molecule has 0 spiro atoms. The van der Waals surface area contributed by atoms with E-state index in [2.05, 4.69) is 13.8 Å². The first-order chi connectivity index (χ1) is 5.52. The van der Waals surface area contributed by atoms with Gasteiger partial charge in [-0.3, -0.25) is 4.79 Å². The summed E-state index contributed by atoms with van der Waals surface area (Å²) in [5, 5.41) is 17.5. The Hall–Kier alpha value is -0.220. The number of hydrogen-bond acceptors (Lipinski definition) is 3. The Morgan fingerprint density at radius 3 is 2.42 bits per heavy atom. The van der Waals surface area contributed by atoms with E-state index in [0.717, 1.165) is 5.75 Å². The maximum Gasteiger partial charge on any atom is 0.306 e. The molecule has 0 aliphatic carbocycles. The molecular formula is C8H16O3S. The minimum atomic E-state index is -0.937. The predicted molar refractivity (Wildman–Crippen MR) is 50.4 cm³/mol. The van der Waals surface area contributed by atoms with Crippen molar-refractivity contribution in [1.82, 2.24) is 0 Å². The fourth-order valence-electron chi connectivity index (χ4n) is 0.700. The van der Waals surface area contributed by atoms with E-state index in [1.54, 1.807) is 11.8 Å². The molecular weight excluding hydrogens is 176 g/mol. The molecule has 1 atom stereocenters. The molecule has 72 valence electrons. The molecule has 0 aromatic heterocycles. The van der Waals surface area contributed by atoms with Gasteiger partial charge in [-0.2, -0.15) is 11.8 Å². The van der Waals surface area contributed by atoms with Gasteiger partial charge in [0.05, 0.1) is 12.5 Å². The number of carbonyl (C=O) groups is 1. The number of carboxylic acid groups (broad SMARTS) is 1. The van der Waals surface area contributed by atoms with Gasteiger partial charge in [0.25, 0.3) is 0 Å². The van der Waals surface area contributed by atoms with Gasteiger partial charge >= 0.3 is 5.97 Å². The highest BCUT2D eigenvalue weighted by Crippen LogP contribution is 2.10. The lowest BCUT2D eigenvalue weighted by Crippen LogP contribution is -2.16. The minimum absolute atomic E-state index is 0.148. The first kappa shape index (κ1) is 11.8. The van der Waals surface area contributed by atoms with E-state index >= 15 is 0 Å². The molecule has 1 unspecified atom stereocenters. The molecule has 0 aliphatic rings. The van der Waals surface area contributed by atoms with Gasteiger partial charge in [-0.15, -0.1) is 0 Å². The summed E-state index contributed by atoms with van der Waals surface area (Å²) in [4.78, 5) is 10.1. The molecule has 0 saturated heterocycles. The lowest BCUT2D eigenvalue weighted by atomic mass is 10.3. The highest BCUT2D eigenvalue weighted by atomic mass is 32.2. The first-order valence-electron chi connectivity index (χ1n) is 4.00. The van der Waals surface area contributed by atoms with Crippen molar-refractivity contribution in [3.63, 3.8) is 0 Å². The van der Waals surface area contributed by atoms with Gasteiger partial charge in [-0.05, 0) is 11.7 Å². The SMILES string of the molecule is CC(C)CSCC(O)CC(=O)O. The van der Waals surface area contributed by atoms with Gasteiger partial charge in [0.2, 0.25) is 0 Å². The van der Waals surface area contributed by atoms with Gasteiger partial charge in [0.15, 0.2) is 0 Å². The maximum absolute atomic E-state index is 10.1. The first-order valence-corrected chi connectivity index (χ1v) is 5.15. The summed E-state index contributed by atoms with van der Waals surface area (Å²) in [6.07, 6.45) is -0.850. The summed E-state index contributed by atoms with van der Waals surface area (Å²) in [6.45, 7) is 4.19. The van der Waals surface area contributed by atoms with Gasteiger partial charge in [0.1, 0.15) is 0 Å². The van der Waals surface area contributed by atoms with Crippen molar-refractivity contribution >= 4 is 17.7 Å². The summed E-state index contributed by atoms with van der Waals surface area (Å²) >= 11 is 1.60. The zero-order chi connectivity index (χ0) is 9.56. The topological polar surface area (TPSA) is 57.5 Å². The van der Waals surface area contributed by atoms with E-state index < -0.39 is 12.1 Å². The highest BCUT2D eigenvalue weighted by molar-refractivity contribution is 7.99. The number of thioether (sulfide) groups is 1. The number of aliphatic hydroxyl groups excluding tert-OH is 1. The monoisotopic (exact) mass is 192 g/mol. The van der Waals surface area contributed by atoms with Crippen molar-refractivity contribution in [3.8, 4) is 0 Å². The van der Waals surface area contributed by atoms with Crippen LogP contribution in [0.4, 0.5) is 0 Å². The van der Waals surface area contributed by atoms with Crippen LogP contribution in [0.3, 0.4) is 0 Å². The summed E-state index contributed by atoms with van der Waals surface area (Å²) in [5.74, 6) is 1.14. The summed E-state index contributed by atoms with van der Waals surface area (Å²) in [5.41, 5.74) is 0. The number of rotatable bonds is 6. The molecule has 0 heterocycles. The van der Waals surface area contributed by atoms with Crippen molar-refractivity contribution < 1.29 is 15.0 Å². The Balaban J connectivity index is 3.31. The quantitative estimate of drug-likeness (QED) is 0.664. The Kier molecular flexibility index (Phi) is 6.20. The van der Waals surface area contributed by atoms with E-state index in [1.807, 2.05) is 0 Å². The van der Waals surface area contributed by atoms with Crippen molar-refractivity contribution in [2.45, 2.75) is 26.4 Å². The Morgan fingerprint density at radius 1 is 1.42 bits per heavy atom. The molecule has 0 radical (unpaired) electrons. The summed E-state index contributed by atoms with van der Waals surface area (Å²) < 4.78 is 0. The maximum atomic E-state index is 10.1. The molecule has 0 rings (SSSR count). The molecule has 0 aromatic carbocycles. The molecule has 2 N–H and O–H groups in total. The van der Waals surface area contributed by atoms with Gasteiger partial charge < -0.3 is 10.2 Å². The van der Waals surface area contributed by atoms with Crippen LogP contribution in [-0.2, 0) is 4.79 Å². The van der Waals surface area contributed by atoms with E-state index in [9.17, 15) is 4.79 Å². The lowest BCUT2D eigenvalue weighted by molar-refractivity contribution is -0.138. The fourth-order valence-corrected chi connectivity index (χ4v) is 1.70. The second-order valence-corrected chi connectivity index (χ2v) is 4.26. The molecule has 3 nitrogen and oxygen atoms in total. The van der Waals surface area contributed by atoms with Crippen LogP contribution < -0.4 is 0 Å². The van der Waals surface area contributed by atoms with Crippen LogP contribution in [-0.4, -0.2) is 33.8 Å². The van der Waals surface area contributed by atoms with Crippen molar-refractivity contribution in [3.05, 3.63) is 0 Å². The number of carboxylic acids is 1. The average Bonchev–Trinajstić information content (AvgIpc) is 1.84. The summed E-state index contributed by atoms with van der Waals surface area (Å²) in [6, 6.07) is 0. The Bertz CT molecular complexity index is 136. The molecule has 12 heavy (non-hydrogen) atoms. The zero-order valence-corrected chi connectivity index (χ0v) is 8.30. The van der Waals surface area contributed by atoms with Gasteiger partial charge in [-0.25, -0.2) is 0 Å². The van der Waals surface area contributed by atoms with Crippen molar-refractivity contribution in [1.29, 1.82) is 0 Å². The fraction of sp³-hybridized carbons (Fsp3) is 0.875. The second kappa shape index (κ2) is 6.31. The standard InChI is InChI=1S/C8H16O3S/c1-6(2)4-12-5-7(9)3-8(10)11/h6-7,9H,3-5H2,1-2H3,(H,10,11). The second-order valence-electron chi connectivity index (χ2n) is 3.18. The molecule has 4 heteroatoms. The lowest BCUT2D eigenvalue weighted by Gasteiger charge is -2.08. The van der Waals surface area contributed by atoms with Crippen LogP contribution in [0.25, 0.3) is 0 Å². The van der Waals surface area contributed by atoms with Gasteiger partial charge in [0, 0.05) is 5.75 Å². The van der Waals surface area contributed by atoms with E-state index in [0.29, 0.717) is 11.7 Å². The predicted octanol–water partition coefficient (Wildman–Crippen LogP) is 1.21. The van der Waals surface area contributed by atoms with Crippen LogP contribution in [0.15, 0.2) is 0 Å². The Labute approximate surface area is 77.2 Å². The zero-order valence-electron chi connectivity index (χ0n) is 7.49. The molecule has 0 fully saturated rings. The number of aliphatic carboxylic acids is 1. The highest BCUT2D eigenvalue weighted by Gasteiger charge is 2.09. The van der Waals surface area contributed by atoms with Crippen LogP contribution in [0.2, 0.25) is 0 Å². The molecule has 0 amide bonds. The van der Waals surface area contributed by atoms with E-state index in [-0.39, 0.29) is 6.42 Å². The molecule has 0 aliphatic heterocycles. The van der Waals surface area contributed by atoms with E-state index in [1.165, 1.54) is 0 Å². The van der Waals surface area contributed by atoms with Crippen LogP contribution >= 0.6 is 11.8 Å². The van der Waals surface area contributed by atoms with Crippen LogP contribution in [0.1, 0.15) is 20.3 Å². The Morgan fingerprint density at radius 2 is 2.00 bits per heavy atom. The normalized spacial score (nSPS) is 13.3. The van der Waals surface area contributed by atoms with Crippen molar-refractivity contribution in [2.24, 2.45) is 5.92 Å². The summed E-state index contributed by atoms with van der Waals surface area (Å²) in [7, 11) is 0. The van der Waals surface area contributed by atoms with Crippen molar-refractivity contribution in [2.75, 3.05) is 11.5 Å². The number of hydrogen-bond donors (Lipinski definition) is 2. The molecule has 0 saturated carbocycles. The van der Waals surface area contributed by atoms with E-state index in [4.69, 9.17) is 10.2 Å². The van der Waals surface area contributed by atoms with Crippen LogP contribution in [0, 0.1) is 5.92 Å². The third-order valence-corrected chi connectivity index (χ3v) is 2.69. The third kappa shape index (κ3) is 7.88. The van der Waals surface area contributed by atoms with Crippen LogP contribution in [0.5, 0.6) is 0 Å². The van der Waals surface area contributed by atoms with Gasteiger partial charge in [-0.1, -0.05) is 13.8 Å². The third-order valence-electron chi connectivity index (χ3n) is 1.17. The number of aliphatic hydroxyl groups is 1.